The maximum Gasteiger partial charge on any atom is 0.282 e. The van der Waals surface area contributed by atoms with Crippen molar-refractivity contribution in [3.05, 3.63) is 35.8 Å². The van der Waals surface area contributed by atoms with Crippen molar-refractivity contribution in [2.24, 2.45) is 4.99 Å². The van der Waals surface area contributed by atoms with Crippen LogP contribution in [0.5, 0.6) is 5.88 Å². The van der Waals surface area contributed by atoms with Crippen LogP contribution in [0.3, 0.4) is 0 Å². The zero-order valence-electron chi connectivity index (χ0n) is 19.6. The monoisotopic (exact) mass is 497 g/mol. The van der Waals surface area contributed by atoms with Gasteiger partial charge in [-0.05, 0) is 31.2 Å². The number of methoxy groups -OCH3 is 1. The number of fused-ring (bicyclic) bond motifs is 2. The van der Waals surface area contributed by atoms with Crippen LogP contribution in [-0.2, 0) is 6.54 Å². The molecule has 14 heteroatoms. The smallest absolute Gasteiger partial charge is 0.282 e. The second kappa shape index (κ2) is 8.59. The number of rotatable bonds is 5. The molecule has 0 bridgehead atoms. The number of piperidine rings is 1. The number of aromatic amines is 1. The zero-order valence-corrected chi connectivity index (χ0v) is 18.6. The average molecular weight is 497 g/mol. The predicted octanol–water partition coefficient (Wildman–Crippen LogP) is 2.73. The van der Waals surface area contributed by atoms with Gasteiger partial charge in [0.2, 0.25) is 11.5 Å². The summed E-state index contributed by atoms with van der Waals surface area (Å²) in [6.45, 7) is -0.756. The van der Waals surface area contributed by atoms with Crippen LogP contribution in [0.4, 0.5) is 22.0 Å². The first-order valence-electron chi connectivity index (χ1n) is 11.2. The van der Waals surface area contributed by atoms with Crippen molar-refractivity contribution in [1.82, 2.24) is 34.5 Å². The lowest BCUT2D eigenvalue weighted by atomic mass is 10.0. The number of H-pyrrole nitrogens is 1. The van der Waals surface area contributed by atoms with Gasteiger partial charge < -0.3 is 9.64 Å². The van der Waals surface area contributed by atoms with Gasteiger partial charge in [0.1, 0.15) is 23.6 Å². The van der Waals surface area contributed by atoms with Gasteiger partial charge in [0.15, 0.2) is 5.82 Å². The van der Waals surface area contributed by atoms with Gasteiger partial charge in [-0.2, -0.15) is 4.98 Å². The van der Waals surface area contributed by atoms with E-state index in [-0.39, 0.29) is 40.1 Å². The Bertz CT molecular complexity index is 1510. The minimum absolute atomic E-state index is 0.0151. The molecule has 0 radical (unpaired) electrons. The number of nitrogens with zero attached hydrogens (tertiary/aromatic N) is 7. The third-order valence-electron chi connectivity index (χ3n) is 5.85. The molecule has 186 valence electrons. The van der Waals surface area contributed by atoms with Gasteiger partial charge in [-0.25, -0.2) is 31.6 Å². The normalized spacial score (nSPS) is 19.7. The summed E-state index contributed by atoms with van der Waals surface area (Å²) in [7, 11) is 2.85. The lowest BCUT2D eigenvalue weighted by molar-refractivity contribution is -0.0738. The van der Waals surface area contributed by atoms with Gasteiger partial charge in [-0.3, -0.25) is 9.61 Å². The van der Waals surface area contributed by atoms with Crippen LogP contribution in [0.15, 0.2) is 29.4 Å². The van der Waals surface area contributed by atoms with Crippen LogP contribution in [0.25, 0.3) is 27.7 Å². The fourth-order valence-corrected chi connectivity index (χ4v) is 4.24. The largest absolute Gasteiger partial charge is 0.479 e. The number of ether oxygens (including phenoxy) is 1. The highest BCUT2D eigenvalue weighted by Gasteiger charge is 2.43. The van der Waals surface area contributed by atoms with Crippen LogP contribution in [-0.4, -0.2) is 80.1 Å². The van der Waals surface area contributed by atoms with Crippen LogP contribution >= 0.6 is 0 Å². The molecule has 4 aromatic rings. The highest BCUT2D eigenvalue weighted by molar-refractivity contribution is 5.89. The second-order valence-corrected chi connectivity index (χ2v) is 8.34. The van der Waals surface area contributed by atoms with Gasteiger partial charge in [-0.1, -0.05) is 11.3 Å². The number of hydrogen-bond acceptors (Lipinski definition) is 6. The van der Waals surface area contributed by atoms with Gasteiger partial charge in [0.25, 0.3) is 12.3 Å². The minimum Gasteiger partial charge on any atom is -0.479 e. The molecule has 0 aliphatic carbocycles. The van der Waals surface area contributed by atoms with Crippen molar-refractivity contribution in [2.75, 3.05) is 27.2 Å². The minimum atomic E-state index is -3.10. The Kier molecular flexibility index (Phi) is 5.39. The van der Waals surface area contributed by atoms with Gasteiger partial charge in [-0.15, -0.1) is 5.10 Å². The summed E-state index contributed by atoms with van der Waals surface area (Å²) < 4.78 is 85.9. The molecule has 0 amide bonds. The molecule has 1 aromatic carbocycles. The number of hydrogen-bond donors (Lipinski definition) is 1. The number of nitrogens with one attached hydrogen (secondary N) is 1. The highest BCUT2D eigenvalue weighted by Crippen LogP contribution is 2.34. The number of likely N-dealkylation sites (tertiary alicyclic amines) is 1. The molecule has 1 fully saturated rings. The first-order chi connectivity index (χ1) is 17.1. The van der Waals surface area contributed by atoms with E-state index in [1.165, 1.54) is 30.2 Å². The summed E-state index contributed by atoms with van der Waals surface area (Å²) >= 11 is 0. The molecule has 9 nitrogen and oxygen atoms in total. The third-order valence-corrected chi connectivity index (χ3v) is 5.85. The van der Waals surface area contributed by atoms with Crippen molar-refractivity contribution in [2.45, 2.75) is 31.4 Å². The molecule has 1 unspecified atom stereocenters. The fraction of sp³-hybridized carbons (Fsp3) is 0.429. The Balaban J connectivity index is 1.67. The van der Waals surface area contributed by atoms with E-state index in [1.807, 2.05) is 0 Å². The van der Waals surface area contributed by atoms with E-state index in [9.17, 15) is 17.6 Å². The summed E-state index contributed by atoms with van der Waals surface area (Å²) in [5.74, 6) is -4.22. The molecule has 1 saturated heterocycles. The van der Waals surface area contributed by atoms with Gasteiger partial charge >= 0.3 is 0 Å². The Morgan fingerprint density at radius 1 is 1.37 bits per heavy atom. The molecule has 1 aliphatic heterocycles. The Morgan fingerprint density at radius 3 is 2.89 bits per heavy atom. The molecule has 1 aliphatic rings. The molecule has 1 N–H and O–H groups in total. The quantitative estimate of drug-likeness (QED) is 0.429. The van der Waals surface area contributed by atoms with E-state index in [0.29, 0.717) is 12.1 Å². The molecule has 0 saturated carbocycles. The van der Waals surface area contributed by atoms with Gasteiger partial charge in [0, 0.05) is 6.54 Å². The number of halogens is 5. The van der Waals surface area contributed by atoms with E-state index >= 15 is 4.39 Å². The van der Waals surface area contributed by atoms with Crippen molar-refractivity contribution >= 4 is 16.6 Å². The summed E-state index contributed by atoms with van der Waals surface area (Å²) in [5, 5.41) is 10.2. The number of alkyl halides is 4. The third kappa shape index (κ3) is 4.22. The van der Waals surface area contributed by atoms with Crippen LogP contribution in [0.1, 0.15) is 7.79 Å². The van der Waals surface area contributed by atoms with E-state index in [1.54, 1.807) is 7.05 Å². The summed E-state index contributed by atoms with van der Waals surface area (Å²) in [5.41, 5.74) is 0.466. The highest BCUT2D eigenvalue weighted by atomic mass is 19.3. The Hall–Kier alpha value is -3.55. The molecule has 0 spiro atoms. The van der Waals surface area contributed by atoms with E-state index in [0.717, 1.165) is 9.20 Å². The lowest BCUT2D eigenvalue weighted by Gasteiger charge is -2.33. The summed E-state index contributed by atoms with van der Waals surface area (Å²) in [4.78, 5) is 9.71. The van der Waals surface area contributed by atoms with Crippen molar-refractivity contribution in [1.29, 1.82) is 0 Å². The molecule has 4 heterocycles. The molecule has 5 rings (SSSR count). The maximum absolute atomic E-state index is 15.4. The standard InChI is InChI=1S/C21H21F5N8O/c1-32-6-5-15(21(25,26)10-32)27-20-28-19(35-2)18-17(12(22)8-34(18)30-20)11-3-4-13-14(7-11)33(31-29-13)9-16(23)24/h3-4,7-8,15-16H,5-6,9-10H2,1-2H3,(H,27,30)/i8D. The van der Waals surface area contributed by atoms with Crippen LogP contribution < -0.4 is 10.4 Å². The predicted molar refractivity (Wildman–Crippen MR) is 115 cm³/mol. The second-order valence-electron chi connectivity index (χ2n) is 8.34. The lowest BCUT2D eigenvalue weighted by Crippen LogP contribution is -2.50. The van der Waals surface area contributed by atoms with Crippen molar-refractivity contribution in [3.63, 3.8) is 0 Å². The van der Waals surface area contributed by atoms with Crippen LogP contribution in [0.2, 0.25) is 0 Å². The van der Waals surface area contributed by atoms with E-state index < -0.39 is 43.5 Å². The molecular weight excluding hydrogens is 475 g/mol. The topological polar surface area (TPSA) is 88.6 Å². The Labute approximate surface area is 196 Å². The van der Waals surface area contributed by atoms with Crippen molar-refractivity contribution in [3.8, 4) is 17.0 Å². The number of aromatic nitrogens is 6. The first kappa shape index (κ1) is 21.9. The van der Waals surface area contributed by atoms with Crippen molar-refractivity contribution < 1.29 is 28.1 Å². The summed E-state index contributed by atoms with van der Waals surface area (Å²) in [6.07, 6.45) is -3.21. The van der Waals surface area contributed by atoms with E-state index in [4.69, 9.17) is 6.11 Å². The van der Waals surface area contributed by atoms with Crippen LogP contribution in [0, 0.1) is 5.82 Å². The van der Waals surface area contributed by atoms with E-state index in [2.05, 4.69) is 25.4 Å². The molecule has 3 aromatic heterocycles. The Morgan fingerprint density at radius 2 is 2.17 bits per heavy atom. The number of benzene rings is 1. The average Bonchev–Trinajstić information content (AvgIpc) is 3.32. The maximum atomic E-state index is 15.4. The fourth-order valence-electron chi connectivity index (χ4n) is 4.24. The molecule has 1 atom stereocenters. The zero-order chi connectivity index (χ0) is 25.8. The molecule has 35 heavy (non-hydrogen) atoms. The first-order valence-corrected chi connectivity index (χ1v) is 10.7. The van der Waals surface area contributed by atoms with Gasteiger partial charge in [0.05, 0.1) is 32.3 Å². The SMILES string of the molecule is [2H]c1c(F)c(-c2ccc3nnn(CC(F)F)c3c2)c2c(OC)nc(=NC3CCN(C)CC3(F)F)[nH]n12. The molecular formula is C21H21F5N8O. The summed E-state index contributed by atoms with van der Waals surface area (Å²) in [6, 6.07) is 3.05.